The van der Waals surface area contributed by atoms with E-state index in [-0.39, 0.29) is 22.2 Å². The maximum atomic E-state index is 2.84. The molecular formula is C54H50Si2. The van der Waals surface area contributed by atoms with Gasteiger partial charge < -0.3 is 0 Å². The molecule has 0 spiro atoms. The van der Waals surface area contributed by atoms with Gasteiger partial charge in [0.1, 0.15) is 0 Å². The minimum atomic E-state index is -2.94. The highest BCUT2D eigenvalue weighted by molar-refractivity contribution is 7.44. The lowest BCUT2D eigenvalue weighted by atomic mass is 10.0. The van der Waals surface area contributed by atoms with Crippen LogP contribution in [0.3, 0.4) is 0 Å². The molecule has 0 nitrogen and oxygen atoms in total. The molecule has 56 heavy (non-hydrogen) atoms. The third-order valence-corrected chi connectivity index (χ3v) is 32.8. The van der Waals surface area contributed by atoms with Crippen molar-refractivity contribution in [1.29, 1.82) is 0 Å². The number of benzene rings is 8. The zero-order valence-electron chi connectivity index (χ0n) is 32.4. The Hall–Kier alpha value is -5.81. The van der Waals surface area contributed by atoms with E-state index in [0.29, 0.717) is 0 Å². The first kappa shape index (κ1) is 37.1. The molecule has 0 aliphatic carbocycles. The Labute approximate surface area is 336 Å². The van der Waals surface area contributed by atoms with Crippen molar-refractivity contribution < 1.29 is 0 Å². The van der Waals surface area contributed by atoms with Crippen LogP contribution in [0.15, 0.2) is 243 Å². The molecule has 0 bridgehead atoms. The zero-order chi connectivity index (χ0) is 38.2. The van der Waals surface area contributed by atoms with E-state index in [1.165, 1.54) is 44.5 Å². The Morgan fingerprint density at radius 1 is 0.196 bits per heavy atom. The predicted octanol–water partition coefficient (Wildman–Crippen LogP) is 13.7. The molecule has 8 aromatic rings. The number of hydrogen-bond donors (Lipinski definition) is 0. The van der Waals surface area contributed by atoms with Gasteiger partial charge >= 0.3 is 0 Å². The SMILES string of the molecule is C[Si](C(c1ccccc1)c1ccccc1)(C(c1ccccc1)c1ccccc1)[Si](C)(C(c1ccccc1)c1ccccc1)C(c1ccccc1)c1ccccc1. The second kappa shape index (κ2) is 16.9. The van der Waals surface area contributed by atoms with Gasteiger partial charge in [-0.05, 0) is 44.5 Å². The van der Waals surface area contributed by atoms with Crippen molar-refractivity contribution in [1.82, 2.24) is 0 Å². The van der Waals surface area contributed by atoms with Crippen molar-refractivity contribution in [2.75, 3.05) is 0 Å². The second-order valence-electron chi connectivity index (χ2n) is 15.6. The van der Waals surface area contributed by atoms with Gasteiger partial charge in [-0.15, -0.1) is 0 Å². The van der Waals surface area contributed by atoms with Gasteiger partial charge in [-0.1, -0.05) is 256 Å². The van der Waals surface area contributed by atoms with E-state index in [1.54, 1.807) is 0 Å². The first-order chi connectivity index (χ1) is 27.6. The van der Waals surface area contributed by atoms with E-state index in [4.69, 9.17) is 0 Å². The Kier molecular flexibility index (Phi) is 11.2. The fraction of sp³-hybridized carbons (Fsp3) is 0.111. The van der Waals surface area contributed by atoms with Crippen LogP contribution >= 0.6 is 0 Å². The highest BCUT2D eigenvalue weighted by Crippen LogP contribution is 2.59. The van der Waals surface area contributed by atoms with Crippen LogP contribution in [0.25, 0.3) is 0 Å². The summed E-state index contributed by atoms with van der Waals surface area (Å²) < 4.78 is 0. The highest BCUT2D eigenvalue weighted by atomic mass is 29.3. The van der Waals surface area contributed by atoms with E-state index < -0.39 is 15.2 Å². The summed E-state index contributed by atoms with van der Waals surface area (Å²) in [5, 5.41) is 0. The summed E-state index contributed by atoms with van der Waals surface area (Å²) in [6.07, 6.45) is 0. The summed E-state index contributed by atoms with van der Waals surface area (Å²) >= 11 is 0. The third-order valence-electron chi connectivity index (χ3n) is 12.6. The van der Waals surface area contributed by atoms with Crippen LogP contribution in [0.1, 0.15) is 66.7 Å². The topological polar surface area (TPSA) is 0 Å². The van der Waals surface area contributed by atoms with Crippen molar-refractivity contribution in [2.24, 2.45) is 0 Å². The van der Waals surface area contributed by atoms with Gasteiger partial charge in [-0.25, -0.2) is 0 Å². The summed E-state index contributed by atoms with van der Waals surface area (Å²) in [6.45, 7) is 5.68. The normalized spacial score (nSPS) is 12.0. The molecule has 0 aliphatic heterocycles. The lowest BCUT2D eigenvalue weighted by Crippen LogP contribution is -2.72. The molecule has 0 N–H and O–H groups in total. The van der Waals surface area contributed by atoms with Crippen molar-refractivity contribution in [2.45, 2.75) is 35.3 Å². The number of hydrogen-bond acceptors (Lipinski definition) is 0. The summed E-state index contributed by atoms with van der Waals surface area (Å²) in [6, 6.07) is 92.4. The first-order valence-corrected chi connectivity index (χ1v) is 26.3. The van der Waals surface area contributed by atoms with Crippen LogP contribution in [0.4, 0.5) is 0 Å². The Morgan fingerprint density at radius 2 is 0.304 bits per heavy atom. The molecule has 0 saturated heterocycles. The summed E-state index contributed by atoms with van der Waals surface area (Å²) in [5.41, 5.74) is 11.9. The molecule has 8 rings (SSSR count). The van der Waals surface area contributed by atoms with Gasteiger partial charge in [0.15, 0.2) is 0 Å². The standard InChI is InChI=1S/C54H50Si2/c1-55(51(43-27-11-3-12-28-43)44-29-13-4-14-30-44,52(45-31-15-5-16-32-45)46-33-17-6-18-34-46)56(2,53(47-35-19-7-20-36-47)48-37-21-8-22-38-48)54(49-39-23-9-24-40-49)50-41-25-10-26-42-50/h3-42,51-54H,1-2H3. The monoisotopic (exact) mass is 754 g/mol. The predicted molar refractivity (Wildman–Crippen MR) is 242 cm³/mol. The first-order valence-electron chi connectivity index (χ1n) is 20.0. The summed E-state index contributed by atoms with van der Waals surface area (Å²) in [4.78, 5) is 0. The van der Waals surface area contributed by atoms with E-state index in [0.717, 1.165) is 0 Å². The molecule has 0 atom stereocenters. The molecule has 0 saturated carbocycles. The minimum Gasteiger partial charge on any atom is -0.0695 e. The summed E-state index contributed by atoms with van der Waals surface area (Å²) in [5.74, 6) is 0. The van der Waals surface area contributed by atoms with Gasteiger partial charge in [-0.2, -0.15) is 0 Å². The van der Waals surface area contributed by atoms with Crippen LogP contribution in [0, 0.1) is 0 Å². The molecule has 8 aromatic carbocycles. The lowest BCUT2D eigenvalue weighted by molar-refractivity contribution is 0.933. The Morgan fingerprint density at radius 3 is 0.411 bits per heavy atom. The van der Waals surface area contributed by atoms with Crippen LogP contribution in [0.5, 0.6) is 0 Å². The lowest BCUT2D eigenvalue weighted by Gasteiger charge is -2.59. The number of rotatable bonds is 13. The summed E-state index contributed by atoms with van der Waals surface area (Å²) in [7, 11) is -5.89. The van der Waals surface area contributed by atoms with Gasteiger partial charge in [0.2, 0.25) is 0 Å². The average molecular weight is 755 g/mol. The molecule has 0 aliphatic rings. The molecule has 274 valence electrons. The van der Waals surface area contributed by atoms with Gasteiger partial charge in [0.05, 0.1) is 15.2 Å². The molecular weight excluding hydrogens is 705 g/mol. The average Bonchev–Trinajstić information content (AvgIpc) is 3.27. The van der Waals surface area contributed by atoms with Crippen LogP contribution in [-0.2, 0) is 0 Å². The molecule has 0 heterocycles. The maximum absolute atomic E-state index is 2.94. The van der Waals surface area contributed by atoms with Crippen molar-refractivity contribution in [3.8, 4) is 0 Å². The van der Waals surface area contributed by atoms with Crippen molar-refractivity contribution >= 4 is 15.2 Å². The maximum Gasteiger partial charge on any atom is 0.0726 e. The van der Waals surface area contributed by atoms with Gasteiger partial charge in [0, 0.05) is 22.2 Å². The molecule has 0 fully saturated rings. The van der Waals surface area contributed by atoms with Gasteiger partial charge in [0.25, 0.3) is 0 Å². The van der Waals surface area contributed by atoms with E-state index in [9.17, 15) is 0 Å². The highest BCUT2D eigenvalue weighted by Gasteiger charge is 2.65. The van der Waals surface area contributed by atoms with Crippen molar-refractivity contribution in [3.05, 3.63) is 287 Å². The molecule has 0 unspecified atom stereocenters. The third kappa shape index (κ3) is 7.07. The van der Waals surface area contributed by atoms with E-state index in [2.05, 4.69) is 256 Å². The Balaban J connectivity index is 1.62. The molecule has 0 aromatic heterocycles. The quantitative estimate of drug-likeness (QED) is 0.103. The molecule has 0 radical (unpaired) electrons. The fourth-order valence-electron chi connectivity index (χ4n) is 10.3. The van der Waals surface area contributed by atoms with E-state index in [1.807, 2.05) is 0 Å². The minimum absolute atomic E-state index is 0.164. The molecule has 0 amide bonds. The van der Waals surface area contributed by atoms with Crippen molar-refractivity contribution in [3.63, 3.8) is 0 Å². The van der Waals surface area contributed by atoms with E-state index >= 15 is 0 Å². The van der Waals surface area contributed by atoms with Crippen LogP contribution < -0.4 is 0 Å². The second-order valence-corrected chi connectivity index (χ2v) is 29.5. The van der Waals surface area contributed by atoms with Gasteiger partial charge in [-0.3, -0.25) is 0 Å². The zero-order valence-corrected chi connectivity index (χ0v) is 34.4. The Bertz CT molecular complexity index is 1870. The largest absolute Gasteiger partial charge is 0.0726 e. The molecule has 2 heteroatoms. The van der Waals surface area contributed by atoms with Crippen LogP contribution in [-0.4, -0.2) is 15.2 Å². The smallest absolute Gasteiger partial charge is 0.0695 e. The fourth-order valence-corrected chi connectivity index (χ4v) is 32.0. The van der Waals surface area contributed by atoms with Crippen LogP contribution in [0.2, 0.25) is 13.1 Å².